The number of hydrogen-bond donors (Lipinski definition) is 2. The topological polar surface area (TPSA) is 91.2 Å². The van der Waals surface area contributed by atoms with Gasteiger partial charge >= 0.3 is 6.36 Å². The van der Waals surface area contributed by atoms with Crippen LogP contribution in [0.4, 0.5) is 18.9 Å². The molecule has 0 aliphatic carbocycles. The van der Waals surface area contributed by atoms with Gasteiger partial charge in [-0.1, -0.05) is 0 Å². The van der Waals surface area contributed by atoms with Crippen LogP contribution in [-0.2, 0) is 0 Å². The monoisotopic (exact) mass is 375 g/mol. The number of alkyl halides is 3. The highest BCUT2D eigenvalue weighted by Gasteiger charge is 2.33. The molecule has 0 saturated heterocycles. The quantitative estimate of drug-likeness (QED) is 0.806. The predicted octanol–water partition coefficient (Wildman–Crippen LogP) is 3.09. The lowest BCUT2D eigenvalue weighted by molar-refractivity contribution is -0.274. The number of anilines is 1. The summed E-state index contributed by atoms with van der Waals surface area (Å²) in [7, 11) is 0. The zero-order chi connectivity index (χ0) is 16.5. The van der Waals surface area contributed by atoms with Crippen molar-refractivity contribution in [3.05, 3.63) is 40.5 Å². The van der Waals surface area contributed by atoms with Crippen molar-refractivity contribution >= 4 is 27.5 Å². The first-order valence-electron chi connectivity index (χ1n) is 5.79. The van der Waals surface area contributed by atoms with Crippen molar-refractivity contribution in [2.45, 2.75) is 6.36 Å². The lowest BCUT2D eigenvalue weighted by Crippen LogP contribution is -2.19. The standard InChI is InChI=1S/C13H9BrF3N3O2/c14-6-1-3-8(20-5-6)10-7(12(19)21)2-4-9(11(10)18)22-13(15,16)17/h1-5H,18H2,(H2,19,21). The van der Waals surface area contributed by atoms with Crippen LogP contribution >= 0.6 is 15.9 Å². The Morgan fingerprint density at radius 3 is 2.41 bits per heavy atom. The van der Waals surface area contributed by atoms with Gasteiger partial charge in [-0.2, -0.15) is 0 Å². The Hall–Kier alpha value is -2.29. The Bertz CT molecular complexity index is 718. The molecule has 0 unspecified atom stereocenters. The van der Waals surface area contributed by atoms with Crippen molar-refractivity contribution in [1.82, 2.24) is 4.98 Å². The number of benzene rings is 1. The maximum absolute atomic E-state index is 12.4. The van der Waals surface area contributed by atoms with Gasteiger partial charge in [0.05, 0.1) is 16.9 Å². The molecule has 4 N–H and O–H groups in total. The van der Waals surface area contributed by atoms with Crippen LogP contribution in [0.3, 0.4) is 0 Å². The molecule has 1 aromatic heterocycles. The van der Waals surface area contributed by atoms with Crippen LogP contribution in [0.5, 0.6) is 5.75 Å². The van der Waals surface area contributed by atoms with Crippen LogP contribution in [0.25, 0.3) is 11.3 Å². The molecule has 116 valence electrons. The van der Waals surface area contributed by atoms with Crippen molar-refractivity contribution in [2.75, 3.05) is 5.73 Å². The molecule has 9 heteroatoms. The second kappa shape index (κ2) is 5.84. The summed E-state index contributed by atoms with van der Waals surface area (Å²) >= 11 is 3.18. The van der Waals surface area contributed by atoms with Crippen molar-refractivity contribution < 1.29 is 22.7 Å². The van der Waals surface area contributed by atoms with Crippen LogP contribution in [0.1, 0.15) is 10.4 Å². The first-order chi connectivity index (χ1) is 10.2. The zero-order valence-electron chi connectivity index (χ0n) is 10.8. The minimum atomic E-state index is -4.91. The molecule has 1 heterocycles. The summed E-state index contributed by atoms with van der Waals surface area (Å²) in [5.74, 6) is -1.47. The van der Waals surface area contributed by atoms with E-state index < -0.39 is 18.0 Å². The number of hydrogen-bond acceptors (Lipinski definition) is 4. The third-order valence-electron chi connectivity index (χ3n) is 2.68. The number of aromatic nitrogens is 1. The molecule has 5 nitrogen and oxygen atoms in total. The van der Waals surface area contributed by atoms with Gasteiger partial charge in [0, 0.05) is 16.2 Å². The molecule has 22 heavy (non-hydrogen) atoms. The van der Waals surface area contributed by atoms with Gasteiger partial charge in [-0.25, -0.2) is 0 Å². The average Bonchev–Trinajstić information content (AvgIpc) is 2.40. The molecule has 2 aromatic rings. The van der Waals surface area contributed by atoms with Gasteiger partial charge < -0.3 is 16.2 Å². The SMILES string of the molecule is NC(=O)c1ccc(OC(F)(F)F)c(N)c1-c1ccc(Br)cn1. The molecule has 0 radical (unpaired) electrons. The third kappa shape index (κ3) is 3.48. The van der Waals surface area contributed by atoms with Crippen LogP contribution < -0.4 is 16.2 Å². The van der Waals surface area contributed by atoms with Gasteiger partial charge in [-0.15, -0.1) is 13.2 Å². The number of halogens is 4. The van der Waals surface area contributed by atoms with E-state index in [0.29, 0.717) is 4.47 Å². The Kier molecular flexibility index (Phi) is 4.27. The Morgan fingerprint density at radius 1 is 1.23 bits per heavy atom. The molecule has 0 aliphatic rings. The molecule has 0 atom stereocenters. The number of ether oxygens (including phenoxy) is 1. The molecular weight excluding hydrogens is 367 g/mol. The predicted molar refractivity (Wildman–Crippen MR) is 77.0 cm³/mol. The molecule has 0 fully saturated rings. The fourth-order valence-electron chi connectivity index (χ4n) is 1.82. The molecule has 0 spiro atoms. The van der Waals surface area contributed by atoms with Crippen molar-refractivity contribution in [3.8, 4) is 17.0 Å². The minimum Gasteiger partial charge on any atom is -0.404 e. The summed E-state index contributed by atoms with van der Waals surface area (Å²) in [6.45, 7) is 0. The molecule has 0 aliphatic heterocycles. The largest absolute Gasteiger partial charge is 0.573 e. The summed E-state index contributed by atoms with van der Waals surface area (Å²) < 4.78 is 41.6. The summed E-state index contributed by atoms with van der Waals surface area (Å²) in [5.41, 5.74) is 10.7. The fourth-order valence-corrected chi connectivity index (χ4v) is 2.05. The normalized spacial score (nSPS) is 11.3. The number of primary amides is 1. The van der Waals surface area contributed by atoms with Gasteiger partial charge in [0.15, 0.2) is 5.75 Å². The molecular formula is C13H9BrF3N3O2. The lowest BCUT2D eigenvalue weighted by atomic mass is 10.0. The molecule has 0 bridgehead atoms. The van der Waals surface area contributed by atoms with E-state index in [1.54, 1.807) is 6.07 Å². The number of pyridine rings is 1. The molecule has 1 aromatic carbocycles. The van der Waals surface area contributed by atoms with Gasteiger partial charge in [0.2, 0.25) is 5.91 Å². The van der Waals surface area contributed by atoms with E-state index >= 15 is 0 Å². The van der Waals surface area contributed by atoms with Crippen LogP contribution in [0.15, 0.2) is 34.9 Å². The maximum atomic E-state index is 12.4. The van der Waals surface area contributed by atoms with E-state index in [1.807, 2.05) is 0 Å². The van der Waals surface area contributed by atoms with Crippen molar-refractivity contribution in [3.63, 3.8) is 0 Å². The van der Waals surface area contributed by atoms with E-state index in [-0.39, 0.29) is 22.5 Å². The smallest absolute Gasteiger partial charge is 0.404 e. The first kappa shape index (κ1) is 16.1. The number of carbonyl (C=O) groups is 1. The maximum Gasteiger partial charge on any atom is 0.573 e. The summed E-state index contributed by atoms with van der Waals surface area (Å²) in [6.07, 6.45) is -3.50. The van der Waals surface area contributed by atoms with E-state index in [0.717, 1.165) is 12.1 Å². The van der Waals surface area contributed by atoms with E-state index in [1.165, 1.54) is 12.3 Å². The van der Waals surface area contributed by atoms with E-state index in [2.05, 4.69) is 25.7 Å². The number of carbonyl (C=O) groups excluding carboxylic acids is 1. The summed E-state index contributed by atoms with van der Waals surface area (Å²) in [5, 5.41) is 0. The second-order valence-electron chi connectivity index (χ2n) is 4.17. The Balaban J connectivity index is 2.64. The van der Waals surface area contributed by atoms with Gasteiger partial charge in [-0.3, -0.25) is 9.78 Å². The highest BCUT2D eigenvalue weighted by molar-refractivity contribution is 9.10. The molecule has 2 rings (SSSR count). The fraction of sp³-hybridized carbons (Fsp3) is 0.0769. The Labute approximate surface area is 131 Å². The number of nitrogens with two attached hydrogens (primary N) is 2. The number of nitrogens with zero attached hydrogens (tertiary/aromatic N) is 1. The second-order valence-corrected chi connectivity index (χ2v) is 5.09. The van der Waals surface area contributed by atoms with Gasteiger partial charge in [0.25, 0.3) is 0 Å². The van der Waals surface area contributed by atoms with Gasteiger partial charge in [-0.05, 0) is 40.2 Å². The number of nitrogen functional groups attached to an aromatic ring is 1. The van der Waals surface area contributed by atoms with Crippen LogP contribution in [0, 0.1) is 0 Å². The first-order valence-corrected chi connectivity index (χ1v) is 6.58. The third-order valence-corrected chi connectivity index (χ3v) is 3.15. The average molecular weight is 376 g/mol. The zero-order valence-corrected chi connectivity index (χ0v) is 12.4. The van der Waals surface area contributed by atoms with E-state index in [4.69, 9.17) is 11.5 Å². The highest BCUT2D eigenvalue weighted by atomic mass is 79.9. The number of amides is 1. The molecule has 1 amide bonds. The van der Waals surface area contributed by atoms with Gasteiger partial charge in [0.1, 0.15) is 0 Å². The minimum absolute atomic E-state index is 0.0123. The summed E-state index contributed by atoms with van der Waals surface area (Å²) in [4.78, 5) is 15.5. The molecule has 0 saturated carbocycles. The van der Waals surface area contributed by atoms with E-state index in [9.17, 15) is 18.0 Å². The Morgan fingerprint density at radius 2 is 1.91 bits per heavy atom. The summed E-state index contributed by atoms with van der Waals surface area (Å²) in [6, 6.07) is 5.13. The van der Waals surface area contributed by atoms with Crippen molar-refractivity contribution in [2.24, 2.45) is 5.73 Å². The highest BCUT2D eigenvalue weighted by Crippen LogP contribution is 2.38. The van der Waals surface area contributed by atoms with Crippen LogP contribution in [0.2, 0.25) is 0 Å². The number of rotatable bonds is 3. The lowest BCUT2D eigenvalue weighted by Gasteiger charge is -2.16. The van der Waals surface area contributed by atoms with Crippen molar-refractivity contribution in [1.29, 1.82) is 0 Å². The van der Waals surface area contributed by atoms with Crippen LogP contribution in [-0.4, -0.2) is 17.3 Å².